The van der Waals surface area contributed by atoms with Gasteiger partial charge in [-0.25, -0.2) is 9.47 Å². The van der Waals surface area contributed by atoms with E-state index >= 15 is 0 Å². The molecule has 0 spiro atoms. The Kier molecular flexibility index (Phi) is 5.68. The minimum Gasteiger partial charge on any atom is -0.482 e. The molecule has 9 heteroatoms. The highest BCUT2D eigenvalue weighted by molar-refractivity contribution is 5.99. The summed E-state index contributed by atoms with van der Waals surface area (Å²) in [6.45, 7) is 7.67. The molecule has 1 saturated heterocycles. The molecule has 0 bridgehead atoms. The third-order valence-corrected chi connectivity index (χ3v) is 5.22. The van der Waals surface area contributed by atoms with Crippen LogP contribution >= 0.6 is 0 Å². The van der Waals surface area contributed by atoms with Gasteiger partial charge < -0.3 is 19.1 Å². The number of ether oxygens (including phenoxy) is 3. The van der Waals surface area contributed by atoms with Crippen LogP contribution in [0.2, 0.25) is 0 Å². The predicted molar refractivity (Wildman–Crippen MR) is 116 cm³/mol. The number of benzene rings is 1. The highest BCUT2D eigenvalue weighted by Gasteiger charge is 2.47. The molecule has 2 amide bonds. The Bertz CT molecular complexity index is 1080. The number of aromatic nitrogens is 1. The first kappa shape index (κ1) is 21.9. The Labute approximate surface area is 186 Å². The molecule has 2 aromatic rings. The second kappa shape index (κ2) is 8.31. The first-order valence-electron chi connectivity index (χ1n) is 10.5. The Morgan fingerprint density at radius 2 is 1.84 bits per heavy atom. The number of amides is 2. The normalized spacial score (nSPS) is 20.4. The molecule has 0 saturated carbocycles. The summed E-state index contributed by atoms with van der Waals surface area (Å²) in [6.07, 6.45) is 0.0283. The van der Waals surface area contributed by atoms with E-state index in [1.807, 2.05) is 37.3 Å². The predicted octanol–water partition coefficient (Wildman–Crippen LogP) is 2.50. The minimum absolute atomic E-state index is 0.00992. The Hall–Kier alpha value is -3.33. The molecule has 0 aliphatic carbocycles. The maximum Gasteiger partial charge on any atom is 0.431 e. The van der Waals surface area contributed by atoms with E-state index in [-0.39, 0.29) is 30.7 Å². The highest BCUT2D eigenvalue weighted by Crippen LogP contribution is 2.30. The molecule has 3 heterocycles. The fourth-order valence-corrected chi connectivity index (χ4v) is 3.86. The van der Waals surface area contributed by atoms with Crippen molar-refractivity contribution in [1.29, 1.82) is 0 Å². The number of carbonyl (C=O) groups is 2. The van der Waals surface area contributed by atoms with Crippen molar-refractivity contribution < 1.29 is 23.8 Å². The van der Waals surface area contributed by atoms with Gasteiger partial charge in [0.15, 0.2) is 17.6 Å². The number of fused-ring (bicyclic) bond motifs is 2. The molecule has 2 aliphatic rings. The van der Waals surface area contributed by atoms with Gasteiger partial charge in [0.05, 0.1) is 19.3 Å². The van der Waals surface area contributed by atoms with Crippen LogP contribution in [0.4, 0.5) is 4.79 Å². The van der Waals surface area contributed by atoms with Crippen molar-refractivity contribution in [3.8, 4) is 5.75 Å². The van der Waals surface area contributed by atoms with Crippen LogP contribution in [0, 0.1) is 0 Å². The van der Waals surface area contributed by atoms with Crippen molar-refractivity contribution in [1.82, 2.24) is 9.58 Å². The Morgan fingerprint density at radius 3 is 2.53 bits per heavy atom. The lowest BCUT2D eigenvalue weighted by Gasteiger charge is -2.49. The largest absolute Gasteiger partial charge is 0.482 e. The van der Waals surface area contributed by atoms with E-state index in [0.717, 1.165) is 5.56 Å². The van der Waals surface area contributed by atoms with Crippen LogP contribution in [0.25, 0.3) is 0 Å². The van der Waals surface area contributed by atoms with Gasteiger partial charge in [0.2, 0.25) is 5.43 Å². The SMILES string of the molecule is C[C@H]1COC[C@@H]2N1C(=O)c1c(OCc3ccccc3)c(=O)ccn1N2C(=O)OC(C)(C)C. The summed E-state index contributed by atoms with van der Waals surface area (Å²) in [5, 5.41) is 1.31. The molecule has 0 unspecified atom stereocenters. The molecular formula is C23H27N3O6. The van der Waals surface area contributed by atoms with Gasteiger partial charge in [-0.1, -0.05) is 30.3 Å². The van der Waals surface area contributed by atoms with Crippen molar-refractivity contribution in [2.45, 2.75) is 52.1 Å². The number of hydrogen-bond acceptors (Lipinski definition) is 6. The fourth-order valence-electron chi connectivity index (χ4n) is 3.86. The number of rotatable bonds is 3. The quantitative estimate of drug-likeness (QED) is 0.727. The second-order valence-corrected chi connectivity index (χ2v) is 8.88. The molecule has 32 heavy (non-hydrogen) atoms. The van der Waals surface area contributed by atoms with E-state index in [2.05, 4.69) is 0 Å². The van der Waals surface area contributed by atoms with Crippen LogP contribution in [0.5, 0.6) is 5.75 Å². The number of pyridine rings is 1. The zero-order valence-electron chi connectivity index (χ0n) is 18.6. The van der Waals surface area contributed by atoms with E-state index in [9.17, 15) is 14.4 Å². The average Bonchev–Trinajstić information content (AvgIpc) is 2.72. The highest BCUT2D eigenvalue weighted by atomic mass is 16.6. The smallest absolute Gasteiger partial charge is 0.431 e. The van der Waals surface area contributed by atoms with Gasteiger partial charge in [0.25, 0.3) is 5.91 Å². The zero-order valence-corrected chi connectivity index (χ0v) is 18.6. The molecule has 9 nitrogen and oxygen atoms in total. The summed E-state index contributed by atoms with van der Waals surface area (Å²) in [4.78, 5) is 41.0. The lowest BCUT2D eigenvalue weighted by atomic mass is 10.1. The second-order valence-electron chi connectivity index (χ2n) is 8.88. The summed E-state index contributed by atoms with van der Waals surface area (Å²) in [6, 6.07) is 10.3. The van der Waals surface area contributed by atoms with E-state index in [1.54, 1.807) is 25.7 Å². The molecule has 0 N–H and O–H groups in total. The van der Waals surface area contributed by atoms with Crippen LogP contribution < -0.4 is 15.2 Å². The van der Waals surface area contributed by atoms with Gasteiger partial charge in [-0.05, 0) is 33.3 Å². The first-order chi connectivity index (χ1) is 15.2. The monoisotopic (exact) mass is 441 g/mol. The van der Waals surface area contributed by atoms with Gasteiger partial charge in [-0.15, -0.1) is 0 Å². The van der Waals surface area contributed by atoms with Crippen molar-refractivity contribution in [3.05, 3.63) is 64.1 Å². The van der Waals surface area contributed by atoms with Gasteiger partial charge in [0, 0.05) is 12.3 Å². The Balaban J connectivity index is 1.80. The maximum atomic E-state index is 13.6. The van der Waals surface area contributed by atoms with Crippen LogP contribution in [-0.2, 0) is 16.1 Å². The van der Waals surface area contributed by atoms with Crippen LogP contribution in [0.3, 0.4) is 0 Å². The topological polar surface area (TPSA) is 90.3 Å². The van der Waals surface area contributed by atoms with Gasteiger partial charge in [-0.3, -0.25) is 9.59 Å². The van der Waals surface area contributed by atoms with Crippen molar-refractivity contribution >= 4 is 12.0 Å². The van der Waals surface area contributed by atoms with Crippen molar-refractivity contribution in [2.75, 3.05) is 18.2 Å². The number of nitrogens with zero attached hydrogens (tertiary/aromatic N) is 3. The Morgan fingerprint density at radius 1 is 1.12 bits per heavy atom. The van der Waals surface area contributed by atoms with E-state index in [1.165, 1.54) is 21.9 Å². The van der Waals surface area contributed by atoms with Crippen molar-refractivity contribution in [3.63, 3.8) is 0 Å². The molecule has 4 rings (SSSR count). The van der Waals surface area contributed by atoms with Crippen molar-refractivity contribution in [2.24, 2.45) is 0 Å². The minimum atomic E-state index is -0.754. The van der Waals surface area contributed by atoms with Gasteiger partial charge >= 0.3 is 6.09 Å². The van der Waals surface area contributed by atoms with Gasteiger partial charge in [0.1, 0.15) is 12.2 Å². The summed E-state index contributed by atoms with van der Waals surface area (Å²) < 4.78 is 18.4. The molecular weight excluding hydrogens is 414 g/mol. The molecule has 0 radical (unpaired) electrons. The first-order valence-corrected chi connectivity index (χ1v) is 10.5. The maximum absolute atomic E-state index is 13.6. The number of morpholine rings is 1. The standard InChI is InChI=1S/C23H27N3O6/c1-15-12-30-14-18-25(15)21(28)19-20(31-13-16-8-6-5-7-9-16)17(27)10-11-24(19)26(18)22(29)32-23(2,3)4/h5-11,15,18H,12-14H2,1-4H3/t15-,18+/m0/s1. The number of hydrogen-bond donors (Lipinski definition) is 0. The van der Waals surface area contributed by atoms with E-state index in [4.69, 9.17) is 14.2 Å². The summed E-state index contributed by atoms with van der Waals surface area (Å²) >= 11 is 0. The lowest BCUT2D eigenvalue weighted by molar-refractivity contribution is -0.0470. The molecule has 1 aromatic heterocycles. The third kappa shape index (κ3) is 4.08. The molecule has 1 fully saturated rings. The van der Waals surface area contributed by atoms with Gasteiger partial charge in [-0.2, -0.15) is 5.01 Å². The molecule has 2 atom stereocenters. The lowest BCUT2D eigenvalue weighted by Crippen LogP contribution is -2.69. The van der Waals surface area contributed by atoms with E-state index < -0.39 is 29.2 Å². The van der Waals surface area contributed by atoms with Crippen LogP contribution in [0.15, 0.2) is 47.4 Å². The third-order valence-electron chi connectivity index (χ3n) is 5.22. The molecule has 2 aliphatic heterocycles. The number of carbonyl (C=O) groups excluding carboxylic acids is 2. The van der Waals surface area contributed by atoms with Crippen LogP contribution in [0.1, 0.15) is 43.7 Å². The van der Waals surface area contributed by atoms with Crippen LogP contribution in [-0.4, -0.2) is 52.6 Å². The zero-order chi connectivity index (χ0) is 23.0. The average molecular weight is 441 g/mol. The fraction of sp³-hybridized carbons (Fsp3) is 0.435. The molecule has 170 valence electrons. The molecule has 1 aromatic carbocycles. The summed E-state index contributed by atoms with van der Waals surface area (Å²) in [5.74, 6) is -0.501. The summed E-state index contributed by atoms with van der Waals surface area (Å²) in [7, 11) is 0. The summed E-state index contributed by atoms with van der Waals surface area (Å²) in [5.41, 5.74) is -0.358. The van der Waals surface area contributed by atoms with E-state index in [0.29, 0.717) is 6.61 Å².